The SMILES string of the molecule is N#Cc1ccc(ON2P(Oc3ccc(C#N)cc3)N=P(Oc3ccc(C#N)cc3)(Oc3ccc(C#N)cc3)N(Oc3ccc(C#N)cc3)P2Oc2ccc(C#N)cc2)cc1. The van der Waals surface area contributed by atoms with Crippen LogP contribution in [0.25, 0.3) is 0 Å². The van der Waals surface area contributed by atoms with E-state index in [0.29, 0.717) is 33.4 Å². The third-order valence-electron chi connectivity index (χ3n) is 7.94. The third-order valence-corrected chi connectivity index (χ3v) is 14.8. The van der Waals surface area contributed by atoms with E-state index in [1.807, 2.05) is 0 Å². The number of nitrogens with zero attached hydrogens (tertiary/aromatic N) is 9. The van der Waals surface area contributed by atoms with Crippen molar-refractivity contribution in [1.82, 2.24) is 9.21 Å². The van der Waals surface area contributed by atoms with E-state index in [9.17, 15) is 31.6 Å². The van der Waals surface area contributed by atoms with Gasteiger partial charge in [-0.2, -0.15) is 31.6 Å². The Bertz CT molecular complexity index is 2740. The molecule has 1 aliphatic rings. The second kappa shape index (κ2) is 18.6. The van der Waals surface area contributed by atoms with Crippen LogP contribution in [0.2, 0.25) is 0 Å². The van der Waals surface area contributed by atoms with Crippen LogP contribution in [0.15, 0.2) is 150 Å². The molecule has 2 atom stereocenters. The van der Waals surface area contributed by atoms with Crippen molar-refractivity contribution in [2.75, 3.05) is 0 Å². The highest BCUT2D eigenvalue weighted by Gasteiger charge is 2.58. The summed E-state index contributed by atoms with van der Waals surface area (Å²) in [6, 6.07) is 50.1. The standard InChI is InChI=1S/C42H24N9O6P3/c43-25-31-1-13-37(14-2-31)52-50-58(54-39-17-5-33(27-45)6-18-39)49-60(56-41-21-9-35(29-47)10-22-41,57-42-23-11-36(30-48)12-24-42)51(53-38-15-3-32(26-44)4-16-38)59(50)55-40-19-7-34(28-46)8-20-40/h1-24H. The summed E-state index contributed by atoms with van der Waals surface area (Å²) in [5.41, 5.74) is 2.19. The molecule has 6 aromatic rings. The van der Waals surface area contributed by atoms with Gasteiger partial charge in [-0.05, 0) is 146 Å². The Balaban J connectivity index is 1.50. The number of hydrogen-bond donors (Lipinski definition) is 0. The highest BCUT2D eigenvalue weighted by molar-refractivity contribution is 7.78. The van der Waals surface area contributed by atoms with E-state index < -0.39 is 24.6 Å². The number of benzene rings is 6. The van der Waals surface area contributed by atoms with E-state index in [0.717, 1.165) is 0 Å². The van der Waals surface area contributed by atoms with Crippen LogP contribution in [-0.2, 0) is 0 Å². The molecule has 60 heavy (non-hydrogen) atoms. The number of rotatable bonds is 12. The molecule has 0 amide bonds. The van der Waals surface area contributed by atoms with E-state index in [-0.39, 0.29) is 34.5 Å². The molecule has 0 bridgehead atoms. The van der Waals surface area contributed by atoms with Crippen molar-refractivity contribution in [3.63, 3.8) is 0 Å². The minimum absolute atomic E-state index is 0.203. The van der Waals surface area contributed by atoms with E-state index >= 15 is 0 Å². The van der Waals surface area contributed by atoms with E-state index in [1.54, 1.807) is 146 Å². The van der Waals surface area contributed by atoms with Gasteiger partial charge in [-0.15, -0.1) is 4.52 Å². The van der Waals surface area contributed by atoms with Gasteiger partial charge in [0.25, 0.3) is 0 Å². The second-order valence-corrected chi connectivity index (χ2v) is 17.5. The van der Waals surface area contributed by atoms with Gasteiger partial charge in [-0.3, -0.25) is 0 Å². The molecule has 288 valence electrons. The Morgan fingerprint density at radius 3 is 1.03 bits per heavy atom. The van der Waals surface area contributed by atoms with Gasteiger partial charge < -0.3 is 27.8 Å². The van der Waals surface area contributed by atoms with Gasteiger partial charge in [-0.25, -0.2) is 0 Å². The molecular formula is C42H24N9O6P3. The highest BCUT2D eigenvalue weighted by Crippen LogP contribution is 2.77. The number of hydrogen-bond acceptors (Lipinski definition) is 15. The van der Waals surface area contributed by atoms with Crippen LogP contribution < -0.4 is 27.8 Å². The average Bonchev–Trinajstić information content (AvgIpc) is 3.30. The average molecular weight is 844 g/mol. The Morgan fingerprint density at radius 1 is 0.383 bits per heavy atom. The molecule has 0 aromatic heterocycles. The zero-order chi connectivity index (χ0) is 41.9. The van der Waals surface area contributed by atoms with Gasteiger partial charge in [0.15, 0.2) is 0 Å². The summed E-state index contributed by atoms with van der Waals surface area (Å²) in [6.07, 6.45) is 0. The molecular weight excluding hydrogens is 819 g/mol. The fourth-order valence-electron chi connectivity index (χ4n) is 4.99. The summed E-state index contributed by atoms with van der Waals surface area (Å²) < 4.78 is 34.9. The third kappa shape index (κ3) is 9.43. The van der Waals surface area contributed by atoms with Gasteiger partial charge in [0, 0.05) is 9.21 Å². The molecule has 0 saturated heterocycles. The Morgan fingerprint density at radius 2 is 0.683 bits per heavy atom. The molecule has 0 radical (unpaired) electrons. The maximum Gasteiger partial charge on any atom is 0.447 e. The van der Waals surface area contributed by atoms with E-state index in [4.69, 9.17) is 32.3 Å². The largest absolute Gasteiger partial charge is 0.447 e. The van der Waals surface area contributed by atoms with Gasteiger partial charge in [-0.1, -0.05) is 0 Å². The molecule has 0 aliphatic carbocycles. The Kier molecular flexibility index (Phi) is 12.5. The molecule has 2 unspecified atom stereocenters. The van der Waals surface area contributed by atoms with Crippen molar-refractivity contribution in [1.29, 1.82) is 31.6 Å². The predicted octanol–water partition coefficient (Wildman–Crippen LogP) is 10.5. The summed E-state index contributed by atoms with van der Waals surface area (Å²) in [5, 5.41) is 57.3. The van der Waals surface area contributed by atoms with Crippen molar-refractivity contribution < 1.29 is 27.8 Å². The zero-order valence-corrected chi connectivity index (χ0v) is 33.4. The minimum atomic E-state index is -4.20. The first kappa shape index (κ1) is 40.3. The van der Waals surface area contributed by atoms with Crippen molar-refractivity contribution >= 4 is 24.6 Å². The molecule has 7 rings (SSSR count). The maximum absolute atomic E-state index is 9.58. The molecule has 18 heteroatoms. The summed E-state index contributed by atoms with van der Waals surface area (Å²) in [4.78, 5) is 13.3. The highest BCUT2D eigenvalue weighted by atomic mass is 31.3. The van der Waals surface area contributed by atoms with Crippen LogP contribution in [0.4, 0.5) is 0 Å². The topological polar surface area (TPSA) is 217 Å². The lowest BCUT2D eigenvalue weighted by Crippen LogP contribution is -2.37. The predicted molar refractivity (Wildman–Crippen MR) is 218 cm³/mol. The van der Waals surface area contributed by atoms with Crippen LogP contribution in [-0.4, -0.2) is 9.21 Å². The van der Waals surface area contributed by atoms with Gasteiger partial charge in [0.05, 0.1) is 69.8 Å². The van der Waals surface area contributed by atoms with Gasteiger partial charge in [0.2, 0.25) is 0 Å². The van der Waals surface area contributed by atoms with Crippen LogP contribution in [0.1, 0.15) is 33.4 Å². The maximum atomic E-state index is 9.58. The molecule has 0 fully saturated rings. The van der Waals surface area contributed by atoms with Crippen LogP contribution in [0.5, 0.6) is 34.5 Å². The summed E-state index contributed by atoms with van der Waals surface area (Å²) in [5.74, 6) is 1.40. The summed E-state index contributed by atoms with van der Waals surface area (Å²) >= 11 is 0. The van der Waals surface area contributed by atoms with Gasteiger partial charge >= 0.3 is 24.6 Å². The first-order chi connectivity index (χ1) is 29.3. The summed E-state index contributed by atoms with van der Waals surface area (Å²) in [6.45, 7) is 0. The second-order valence-electron chi connectivity index (χ2n) is 12.0. The minimum Gasteiger partial charge on any atom is -0.440 e. The molecule has 0 spiro atoms. The van der Waals surface area contributed by atoms with Crippen LogP contribution in [0, 0.1) is 68.0 Å². The van der Waals surface area contributed by atoms with E-state index in [2.05, 4.69) is 36.4 Å². The molecule has 6 aromatic carbocycles. The normalized spacial score (nSPS) is 15.4. The fraction of sp³-hybridized carbons (Fsp3) is 0. The Hall–Kier alpha value is -7.93. The van der Waals surface area contributed by atoms with Crippen molar-refractivity contribution in [3.8, 4) is 70.9 Å². The zero-order valence-electron chi connectivity index (χ0n) is 30.7. The van der Waals surface area contributed by atoms with Crippen LogP contribution in [0.3, 0.4) is 0 Å². The first-order valence-electron chi connectivity index (χ1n) is 17.3. The lowest BCUT2D eigenvalue weighted by molar-refractivity contribution is 0.0545. The molecule has 0 N–H and O–H groups in total. The number of nitriles is 6. The van der Waals surface area contributed by atoms with E-state index in [1.165, 1.54) is 9.21 Å². The lowest BCUT2D eigenvalue weighted by Gasteiger charge is -2.43. The summed E-state index contributed by atoms with van der Waals surface area (Å²) in [7, 11) is -9.19. The smallest absolute Gasteiger partial charge is 0.440 e. The van der Waals surface area contributed by atoms with Crippen molar-refractivity contribution in [2.45, 2.75) is 0 Å². The van der Waals surface area contributed by atoms with Crippen LogP contribution >= 0.6 is 24.6 Å². The molecule has 1 aliphatic heterocycles. The molecule has 15 nitrogen and oxygen atoms in total. The molecule has 1 heterocycles. The monoisotopic (exact) mass is 843 g/mol. The quantitative estimate of drug-likeness (QED) is 0.105. The molecule has 0 saturated carbocycles. The lowest BCUT2D eigenvalue weighted by atomic mass is 10.2. The first-order valence-corrected chi connectivity index (χ1v) is 21.2. The van der Waals surface area contributed by atoms with Gasteiger partial charge in [0.1, 0.15) is 34.5 Å². The van der Waals surface area contributed by atoms with Crippen molar-refractivity contribution in [2.24, 2.45) is 4.52 Å². The fourth-order valence-corrected chi connectivity index (χ4v) is 12.5. The van der Waals surface area contributed by atoms with Crippen molar-refractivity contribution in [3.05, 3.63) is 179 Å². The Labute approximate surface area is 346 Å².